The molecule has 3 aromatic rings. The molecule has 2 amide bonds. The summed E-state index contributed by atoms with van der Waals surface area (Å²) in [6.45, 7) is 7.84. The van der Waals surface area contributed by atoms with Gasteiger partial charge in [0.25, 0.3) is 11.7 Å². The summed E-state index contributed by atoms with van der Waals surface area (Å²) in [4.78, 5) is 43.6. The molecule has 2 heterocycles. The number of ether oxygens (including phenoxy) is 1. The predicted molar refractivity (Wildman–Crippen MR) is 138 cm³/mol. The maximum absolute atomic E-state index is 13.9. The van der Waals surface area contributed by atoms with Crippen LogP contribution in [0.2, 0.25) is 10.0 Å². The van der Waals surface area contributed by atoms with Crippen LogP contribution in [-0.2, 0) is 20.9 Å². The SMILES string of the molecule is CCCC[C@@](OC(N)=O)(C(=O)C(=O)Nc1ccn[nH]1)C(Cn1cnc2cc(Cl)c(Cl)cc21)C(C)(C)C. The fourth-order valence-corrected chi connectivity index (χ4v) is 4.76. The number of aromatic nitrogens is 4. The Morgan fingerprint density at radius 2 is 1.92 bits per heavy atom. The average molecular weight is 537 g/mol. The number of hydrogen-bond acceptors (Lipinski definition) is 6. The largest absolute Gasteiger partial charge is 0.434 e. The molecule has 0 aliphatic carbocycles. The number of nitrogens with zero attached hydrogens (tertiary/aromatic N) is 3. The molecule has 0 saturated carbocycles. The van der Waals surface area contributed by atoms with Crippen molar-refractivity contribution in [1.29, 1.82) is 0 Å². The molecule has 2 aromatic heterocycles. The van der Waals surface area contributed by atoms with Crippen molar-refractivity contribution < 1.29 is 19.1 Å². The molecule has 3 rings (SSSR count). The number of carbonyl (C=O) groups excluding carboxylic acids is 3. The summed E-state index contributed by atoms with van der Waals surface area (Å²) >= 11 is 12.4. The molecule has 0 aliphatic heterocycles. The number of ketones is 1. The van der Waals surface area contributed by atoms with E-state index in [2.05, 4.69) is 20.5 Å². The lowest BCUT2D eigenvalue weighted by Crippen LogP contribution is -2.59. The second-order valence-electron chi connectivity index (χ2n) is 9.74. The maximum atomic E-state index is 13.9. The van der Waals surface area contributed by atoms with Gasteiger partial charge < -0.3 is 20.4 Å². The van der Waals surface area contributed by atoms with Gasteiger partial charge in [0.15, 0.2) is 5.60 Å². The first-order valence-corrected chi connectivity index (χ1v) is 12.3. The Morgan fingerprint density at radius 1 is 1.22 bits per heavy atom. The minimum Gasteiger partial charge on any atom is -0.434 e. The Bertz CT molecular complexity index is 1250. The highest BCUT2D eigenvalue weighted by molar-refractivity contribution is 6.43. The van der Waals surface area contributed by atoms with Crippen molar-refractivity contribution in [2.75, 3.05) is 5.32 Å². The second-order valence-corrected chi connectivity index (χ2v) is 10.6. The summed E-state index contributed by atoms with van der Waals surface area (Å²) in [6, 6.07) is 4.83. The van der Waals surface area contributed by atoms with E-state index in [-0.39, 0.29) is 18.8 Å². The average Bonchev–Trinajstić information content (AvgIpc) is 3.44. The number of nitrogens with two attached hydrogens (primary N) is 1. The first-order chi connectivity index (χ1) is 16.9. The normalized spacial score (nSPS) is 14.3. The van der Waals surface area contributed by atoms with E-state index in [1.165, 1.54) is 12.3 Å². The molecule has 0 bridgehead atoms. The van der Waals surface area contributed by atoms with Gasteiger partial charge in [-0.2, -0.15) is 5.10 Å². The van der Waals surface area contributed by atoms with E-state index in [1.807, 2.05) is 27.7 Å². The van der Waals surface area contributed by atoms with Crippen LogP contribution in [0, 0.1) is 11.3 Å². The summed E-state index contributed by atoms with van der Waals surface area (Å²) < 4.78 is 7.46. The molecule has 0 radical (unpaired) electrons. The van der Waals surface area contributed by atoms with E-state index >= 15 is 0 Å². The summed E-state index contributed by atoms with van der Waals surface area (Å²) in [7, 11) is 0. The molecular weight excluding hydrogens is 507 g/mol. The van der Waals surface area contributed by atoms with Crippen LogP contribution in [-0.4, -0.2) is 43.1 Å². The lowest BCUT2D eigenvalue weighted by Gasteiger charge is -2.44. The number of rotatable bonds is 10. The summed E-state index contributed by atoms with van der Waals surface area (Å²) in [5, 5.41) is 9.56. The van der Waals surface area contributed by atoms with Crippen molar-refractivity contribution >= 4 is 57.8 Å². The van der Waals surface area contributed by atoms with Crippen LogP contribution in [0.4, 0.5) is 10.6 Å². The van der Waals surface area contributed by atoms with Gasteiger partial charge in [-0.05, 0) is 30.4 Å². The van der Waals surface area contributed by atoms with Crippen LogP contribution < -0.4 is 11.1 Å². The van der Waals surface area contributed by atoms with E-state index in [9.17, 15) is 14.4 Å². The van der Waals surface area contributed by atoms with Crippen LogP contribution >= 0.6 is 23.2 Å². The van der Waals surface area contributed by atoms with Crippen molar-refractivity contribution in [3.63, 3.8) is 0 Å². The molecule has 0 saturated heterocycles. The number of primary amides is 1. The Morgan fingerprint density at radius 3 is 2.50 bits per heavy atom. The minimum atomic E-state index is -1.85. The molecule has 12 heteroatoms. The molecule has 194 valence electrons. The first-order valence-electron chi connectivity index (χ1n) is 11.5. The van der Waals surface area contributed by atoms with Crippen LogP contribution in [0.25, 0.3) is 11.0 Å². The van der Waals surface area contributed by atoms with Gasteiger partial charge in [0.1, 0.15) is 5.82 Å². The quantitative estimate of drug-likeness (QED) is 0.312. The van der Waals surface area contributed by atoms with E-state index in [4.69, 9.17) is 33.7 Å². The van der Waals surface area contributed by atoms with E-state index in [0.29, 0.717) is 33.9 Å². The number of amides is 2. The van der Waals surface area contributed by atoms with E-state index in [0.717, 1.165) is 0 Å². The highest BCUT2D eigenvalue weighted by Gasteiger charge is 2.55. The molecule has 36 heavy (non-hydrogen) atoms. The fraction of sp³-hybridized carbons (Fsp3) is 0.458. The van der Waals surface area contributed by atoms with Gasteiger partial charge in [0, 0.05) is 18.5 Å². The number of carbonyl (C=O) groups is 3. The molecule has 1 unspecified atom stereocenters. The molecule has 1 aromatic carbocycles. The van der Waals surface area contributed by atoms with E-state index in [1.54, 1.807) is 23.0 Å². The van der Waals surface area contributed by atoms with Gasteiger partial charge in [-0.1, -0.05) is 57.3 Å². The number of Topliss-reactive ketones (excluding diaryl/α,β-unsaturated/α-hetero) is 1. The molecule has 2 atom stereocenters. The molecule has 0 aliphatic rings. The summed E-state index contributed by atoms with van der Waals surface area (Å²) in [5.74, 6) is -2.31. The number of fused-ring (bicyclic) bond motifs is 1. The number of benzene rings is 1. The number of unbranched alkanes of at least 4 members (excludes halogenated alkanes) is 1. The van der Waals surface area contributed by atoms with Crippen LogP contribution in [0.1, 0.15) is 47.0 Å². The third kappa shape index (κ3) is 5.82. The molecule has 0 fully saturated rings. The fourth-order valence-electron chi connectivity index (χ4n) is 4.45. The number of nitrogens with one attached hydrogen (secondary N) is 2. The minimum absolute atomic E-state index is 0.100. The molecule has 10 nitrogen and oxygen atoms in total. The van der Waals surface area contributed by atoms with Crippen LogP contribution in [0.5, 0.6) is 0 Å². The number of hydrogen-bond donors (Lipinski definition) is 3. The lowest BCUT2D eigenvalue weighted by molar-refractivity contribution is -0.158. The Kier molecular flexibility index (Phi) is 8.30. The Labute approximate surface area is 218 Å². The highest BCUT2D eigenvalue weighted by atomic mass is 35.5. The predicted octanol–water partition coefficient (Wildman–Crippen LogP) is 4.96. The monoisotopic (exact) mass is 536 g/mol. The zero-order chi connectivity index (χ0) is 26.7. The van der Waals surface area contributed by atoms with E-state index < -0.39 is 34.7 Å². The highest BCUT2D eigenvalue weighted by Crippen LogP contribution is 2.43. The standard InChI is InChI=1S/C24H30Cl2N6O4/c1-5-6-8-24(36-22(27)35,20(33)21(34)30-19-7-9-29-31-19)18(23(2,3)4)12-32-13-28-16-10-14(25)15(26)11-17(16)32/h7,9-11,13,18H,5-6,8,12H2,1-4H3,(H2,27,35)(H2,29,30,31,34)/t18?,24-/m0/s1. The smallest absolute Gasteiger partial charge is 0.405 e. The number of imidazole rings is 1. The van der Waals surface area contributed by atoms with Crippen molar-refractivity contribution in [3.05, 3.63) is 40.8 Å². The lowest BCUT2D eigenvalue weighted by atomic mass is 9.66. The Balaban J connectivity index is 2.14. The van der Waals surface area contributed by atoms with Gasteiger partial charge >= 0.3 is 6.09 Å². The van der Waals surface area contributed by atoms with Crippen molar-refractivity contribution in [3.8, 4) is 0 Å². The third-order valence-electron chi connectivity index (χ3n) is 6.17. The summed E-state index contributed by atoms with van der Waals surface area (Å²) in [5.41, 5.74) is 4.30. The zero-order valence-corrected chi connectivity index (χ0v) is 22.1. The van der Waals surface area contributed by atoms with Crippen molar-refractivity contribution in [2.24, 2.45) is 17.1 Å². The molecular formula is C24H30Cl2N6O4. The summed E-state index contributed by atoms with van der Waals surface area (Å²) in [6.07, 6.45) is 3.19. The van der Waals surface area contributed by atoms with Gasteiger partial charge in [-0.3, -0.25) is 14.7 Å². The number of halogens is 2. The number of aromatic amines is 1. The topological polar surface area (TPSA) is 145 Å². The third-order valence-corrected chi connectivity index (χ3v) is 6.90. The molecule has 4 N–H and O–H groups in total. The van der Waals surface area contributed by atoms with Crippen molar-refractivity contribution in [1.82, 2.24) is 19.7 Å². The maximum Gasteiger partial charge on any atom is 0.405 e. The Hall–Kier alpha value is -3.11. The second kappa shape index (κ2) is 10.9. The van der Waals surface area contributed by atoms with Gasteiger partial charge in [0.2, 0.25) is 0 Å². The van der Waals surface area contributed by atoms with Crippen molar-refractivity contribution in [2.45, 2.75) is 59.1 Å². The van der Waals surface area contributed by atoms with Crippen LogP contribution in [0.3, 0.4) is 0 Å². The first kappa shape index (κ1) is 27.5. The van der Waals surface area contributed by atoms with Gasteiger partial charge in [0.05, 0.1) is 33.6 Å². The molecule has 0 spiro atoms. The van der Waals surface area contributed by atoms with Crippen LogP contribution in [0.15, 0.2) is 30.7 Å². The van der Waals surface area contributed by atoms with Gasteiger partial charge in [-0.15, -0.1) is 0 Å². The number of H-pyrrole nitrogens is 1. The van der Waals surface area contributed by atoms with Gasteiger partial charge in [-0.25, -0.2) is 9.78 Å². The number of anilines is 1. The zero-order valence-electron chi connectivity index (χ0n) is 20.6.